The van der Waals surface area contributed by atoms with E-state index in [0.29, 0.717) is 17.5 Å². The summed E-state index contributed by atoms with van der Waals surface area (Å²) in [6.45, 7) is 7.26. The second-order valence-corrected chi connectivity index (χ2v) is 8.61. The van der Waals surface area contributed by atoms with Gasteiger partial charge in [0.05, 0.1) is 12.6 Å². The van der Waals surface area contributed by atoms with Crippen LogP contribution in [0.2, 0.25) is 0 Å². The van der Waals surface area contributed by atoms with Crippen LogP contribution >= 0.6 is 11.8 Å². The topological polar surface area (TPSA) is 73.1 Å². The minimum absolute atomic E-state index is 0.0180. The number of thioether (sulfide) groups is 1. The fraction of sp³-hybridized carbons (Fsp3) is 0.381. The molecule has 28 heavy (non-hydrogen) atoms. The van der Waals surface area contributed by atoms with E-state index >= 15 is 0 Å². The molecule has 0 unspecified atom stereocenters. The number of benzene rings is 2. The number of hydrogen-bond acceptors (Lipinski definition) is 6. The Bertz CT molecular complexity index is 877. The smallest absolute Gasteiger partial charge is 0.209 e. The average molecular weight is 399 g/mol. The molecule has 0 saturated carbocycles. The first-order valence-corrected chi connectivity index (χ1v) is 10.3. The van der Waals surface area contributed by atoms with Gasteiger partial charge in [0.1, 0.15) is 12.4 Å². The van der Waals surface area contributed by atoms with E-state index in [1.165, 1.54) is 11.8 Å². The van der Waals surface area contributed by atoms with Crippen LogP contribution < -0.4 is 4.74 Å². The second-order valence-electron chi connectivity index (χ2n) is 7.63. The summed E-state index contributed by atoms with van der Waals surface area (Å²) in [7, 11) is 0. The van der Waals surface area contributed by atoms with Crippen molar-refractivity contribution in [1.29, 1.82) is 0 Å². The molecule has 0 aliphatic rings. The average Bonchev–Trinajstić information content (AvgIpc) is 3.12. The lowest BCUT2D eigenvalue weighted by molar-refractivity contribution is 0.125. The van der Waals surface area contributed by atoms with Crippen molar-refractivity contribution in [2.45, 2.75) is 44.0 Å². The summed E-state index contributed by atoms with van der Waals surface area (Å²) in [6.07, 6.45) is -0.625. The maximum absolute atomic E-state index is 10.4. The van der Waals surface area contributed by atoms with Gasteiger partial charge in [-0.3, -0.25) is 0 Å². The molecule has 1 aromatic heterocycles. The Morgan fingerprint density at radius 3 is 2.54 bits per heavy atom. The number of ether oxygens (including phenoxy) is 1. The summed E-state index contributed by atoms with van der Waals surface area (Å²) in [6, 6.07) is 18.0. The van der Waals surface area contributed by atoms with Crippen LogP contribution in [0, 0.1) is 0 Å². The molecule has 148 valence electrons. The molecule has 3 aromatic rings. The van der Waals surface area contributed by atoms with E-state index in [1.54, 1.807) is 4.68 Å². The number of hydrogen-bond donors (Lipinski definition) is 1. The van der Waals surface area contributed by atoms with E-state index in [2.05, 4.69) is 42.4 Å². The van der Waals surface area contributed by atoms with E-state index in [4.69, 9.17) is 4.74 Å². The normalized spacial score (nSPS) is 12.7. The molecule has 1 N–H and O–H groups in total. The number of para-hydroxylation sites is 1. The first-order valence-electron chi connectivity index (χ1n) is 9.27. The highest BCUT2D eigenvalue weighted by atomic mass is 32.2. The third-order valence-electron chi connectivity index (χ3n) is 4.21. The predicted octanol–water partition coefficient (Wildman–Crippen LogP) is 3.55. The molecule has 0 aliphatic carbocycles. The summed E-state index contributed by atoms with van der Waals surface area (Å²) in [5.41, 5.74) is 2.23. The molecule has 2 aromatic carbocycles. The molecule has 0 radical (unpaired) electrons. The Labute approximate surface area is 169 Å². The lowest BCUT2D eigenvalue weighted by Crippen LogP contribution is -2.22. The first kappa shape index (κ1) is 20.4. The van der Waals surface area contributed by atoms with E-state index in [9.17, 15) is 5.11 Å². The molecule has 7 heteroatoms. The van der Waals surface area contributed by atoms with Crippen LogP contribution in [0.5, 0.6) is 5.75 Å². The van der Waals surface area contributed by atoms with Crippen molar-refractivity contribution in [1.82, 2.24) is 20.2 Å². The quantitative estimate of drug-likeness (QED) is 0.585. The third kappa shape index (κ3) is 5.56. The van der Waals surface area contributed by atoms with Gasteiger partial charge in [-0.1, -0.05) is 81.1 Å². The van der Waals surface area contributed by atoms with E-state index in [1.807, 2.05) is 48.5 Å². The highest BCUT2D eigenvalue weighted by Crippen LogP contribution is 2.31. The van der Waals surface area contributed by atoms with Gasteiger partial charge in [0.15, 0.2) is 0 Å². The predicted molar refractivity (Wildman–Crippen MR) is 111 cm³/mol. The van der Waals surface area contributed by atoms with E-state index < -0.39 is 6.10 Å². The molecule has 0 saturated heterocycles. The molecule has 1 heterocycles. The first-order chi connectivity index (χ1) is 13.4. The van der Waals surface area contributed by atoms with Crippen molar-refractivity contribution in [3.8, 4) is 5.75 Å². The van der Waals surface area contributed by atoms with Crippen molar-refractivity contribution in [3.05, 3.63) is 65.7 Å². The molecular formula is C21H26N4O2S. The van der Waals surface area contributed by atoms with Crippen LogP contribution in [0.3, 0.4) is 0 Å². The fourth-order valence-electron chi connectivity index (χ4n) is 2.77. The zero-order valence-electron chi connectivity index (χ0n) is 16.4. The molecule has 0 bridgehead atoms. The van der Waals surface area contributed by atoms with Crippen molar-refractivity contribution < 1.29 is 9.84 Å². The second kappa shape index (κ2) is 9.21. The van der Waals surface area contributed by atoms with Crippen LogP contribution in [-0.4, -0.2) is 43.8 Å². The van der Waals surface area contributed by atoms with Crippen LogP contribution in [0.15, 0.2) is 59.8 Å². The van der Waals surface area contributed by atoms with Gasteiger partial charge in [-0.05, 0) is 33.0 Å². The number of tetrazole rings is 1. The molecule has 3 rings (SSSR count). The summed E-state index contributed by atoms with van der Waals surface area (Å²) < 4.78 is 7.64. The Hall–Kier alpha value is -2.38. The van der Waals surface area contributed by atoms with Gasteiger partial charge in [0.25, 0.3) is 0 Å². The van der Waals surface area contributed by atoms with Gasteiger partial charge >= 0.3 is 0 Å². The molecule has 0 amide bonds. The zero-order valence-corrected chi connectivity index (χ0v) is 17.3. The van der Waals surface area contributed by atoms with Gasteiger partial charge in [0, 0.05) is 5.75 Å². The zero-order chi connectivity index (χ0) is 20.0. The molecule has 0 fully saturated rings. The largest absolute Gasteiger partial charge is 0.491 e. The Balaban J connectivity index is 1.54. The summed E-state index contributed by atoms with van der Waals surface area (Å²) in [5, 5.41) is 22.9. The van der Waals surface area contributed by atoms with Gasteiger partial charge in [0.2, 0.25) is 5.16 Å². The summed E-state index contributed by atoms with van der Waals surface area (Å²) >= 11 is 1.42. The van der Waals surface area contributed by atoms with Gasteiger partial charge in [-0.25, -0.2) is 4.68 Å². The van der Waals surface area contributed by atoms with Crippen LogP contribution in [0.4, 0.5) is 0 Å². The van der Waals surface area contributed by atoms with Gasteiger partial charge in [-0.15, -0.1) is 5.10 Å². The molecule has 0 spiro atoms. The Morgan fingerprint density at radius 2 is 1.79 bits per heavy atom. The number of rotatable bonds is 8. The molecule has 6 nitrogen and oxygen atoms in total. The SMILES string of the molecule is CC(C)(C)c1ccccc1OC[C@H](O)CSc1nnnn1Cc1ccccc1. The fourth-order valence-corrected chi connectivity index (χ4v) is 3.55. The summed E-state index contributed by atoms with van der Waals surface area (Å²) in [5.74, 6) is 1.26. The number of aliphatic hydroxyl groups excluding tert-OH is 1. The van der Waals surface area contributed by atoms with Crippen LogP contribution in [0.25, 0.3) is 0 Å². The standard InChI is InChI=1S/C21H26N4O2S/c1-21(2,3)18-11-7-8-12-19(18)27-14-17(26)15-28-20-22-23-24-25(20)13-16-9-5-4-6-10-16/h4-12,17,26H,13-15H2,1-3H3/t17-/m0/s1. The van der Waals surface area contributed by atoms with Crippen LogP contribution in [-0.2, 0) is 12.0 Å². The highest BCUT2D eigenvalue weighted by Gasteiger charge is 2.19. The molecule has 0 aliphatic heterocycles. The molecular weight excluding hydrogens is 372 g/mol. The minimum Gasteiger partial charge on any atom is -0.491 e. The van der Waals surface area contributed by atoms with Gasteiger partial charge < -0.3 is 9.84 Å². The highest BCUT2D eigenvalue weighted by molar-refractivity contribution is 7.99. The monoisotopic (exact) mass is 398 g/mol. The van der Waals surface area contributed by atoms with Crippen molar-refractivity contribution in [2.24, 2.45) is 0 Å². The van der Waals surface area contributed by atoms with Crippen molar-refractivity contribution >= 4 is 11.8 Å². The van der Waals surface area contributed by atoms with Crippen molar-refractivity contribution in [2.75, 3.05) is 12.4 Å². The third-order valence-corrected chi connectivity index (χ3v) is 5.31. The van der Waals surface area contributed by atoms with E-state index in [0.717, 1.165) is 16.9 Å². The maximum atomic E-state index is 10.4. The Kier molecular flexibility index (Phi) is 6.70. The number of nitrogens with zero attached hydrogens (tertiary/aromatic N) is 4. The Morgan fingerprint density at radius 1 is 1.07 bits per heavy atom. The van der Waals surface area contributed by atoms with E-state index in [-0.39, 0.29) is 12.0 Å². The summed E-state index contributed by atoms with van der Waals surface area (Å²) in [4.78, 5) is 0. The molecule has 1 atom stereocenters. The lowest BCUT2D eigenvalue weighted by atomic mass is 9.86. The van der Waals surface area contributed by atoms with Crippen LogP contribution in [0.1, 0.15) is 31.9 Å². The lowest BCUT2D eigenvalue weighted by Gasteiger charge is -2.23. The minimum atomic E-state index is -0.625. The van der Waals surface area contributed by atoms with Crippen molar-refractivity contribution in [3.63, 3.8) is 0 Å². The number of aliphatic hydroxyl groups is 1. The van der Waals surface area contributed by atoms with Gasteiger partial charge in [-0.2, -0.15) is 0 Å². The maximum Gasteiger partial charge on any atom is 0.209 e. The number of aromatic nitrogens is 4.